The molecule has 620 valence electrons. The Bertz CT molecular complexity index is 2710. The quantitative estimate of drug-likeness (QED) is 0.0146. The van der Waals surface area contributed by atoms with Crippen molar-refractivity contribution in [2.75, 3.05) is 39.6 Å². The Labute approximate surface area is 662 Å². The van der Waals surface area contributed by atoms with E-state index in [0.29, 0.717) is 19.3 Å². The highest BCUT2D eigenvalue weighted by Crippen LogP contribution is 2.45. The summed E-state index contributed by atoms with van der Waals surface area (Å²) in [5, 5.41) is 20.7. The van der Waals surface area contributed by atoms with Crippen molar-refractivity contribution in [1.82, 2.24) is 0 Å². The number of unbranched alkanes of at least 4 members (excludes halogenated alkanes) is 25. The van der Waals surface area contributed by atoms with E-state index in [4.69, 9.17) is 32.3 Å². The van der Waals surface area contributed by atoms with E-state index in [-0.39, 0.29) is 19.3 Å². The van der Waals surface area contributed by atoms with Crippen LogP contribution in [0.1, 0.15) is 316 Å². The molecule has 0 aromatic rings. The van der Waals surface area contributed by atoms with Gasteiger partial charge in [-0.05, 0) is 154 Å². The highest BCUT2D eigenvalue weighted by molar-refractivity contribution is 7.47. The smallest absolute Gasteiger partial charge is 0.463 e. The van der Waals surface area contributed by atoms with Gasteiger partial charge in [-0.15, -0.1) is 0 Å². The maximum atomic E-state index is 13.0. The molecule has 4 N–H and O–H groups in total. The Morgan fingerprint density at radius 2 is 0.459 bits per heavy atom. The van der Waals surface area contributed by atoms with E-state index in [1.165, 1.54) is 57.8 Å². The number of aliphatic hydroxyl groups excluding tert-OH is 2. The molecule has 0 aromatic carbocycles. The Balaban J connectivity index is 4.55. The van der Waals surface area contributed by atoms with Crippen molar-refractivity contribution in [2.45, 2.75) is 334 Å². The molecule has 0 saturated carbocycles. The van der Waals surface area contributed by atoms with Gasteiger partial charge in [-0.2, -0.15) is 0 Å². The van der Waals surface area contributed by atoms with E-state index in [2.05, 4.69) is 203 Å². The van der Waals surface area contributed by atoms with E-state index in [1.807, 2.05) is 0 Å². The van der Waals surface area contributed by atoms with Crippen LogP contribution in [-0.2, 0) is 55.8 Å². The molecular weight excluding hydrogens is 1410 g/mol. The third kappa shape index (κ3) is 83.4. The van der Waals surface area contributed by atoms with Gasteiger partial charge in [-0.3, -0.25) is 32.5 Å². The van der Waals surface area contributed by atoms with E-state index in [9.17, 15) is 43.5 Å². The van der Waals surface area contributed by atoms with Crippen molar-refractivity contribution < 1.29 is 75.8 Å². The van der Waals surface area contributed by atoms with Crippen LogP contribution in [0.5, 0.6) is 0 Å². The first-order valence-electron chi connectivity index (χ1n) is 42.1. The van der Waals surface area contributed by atoms with Crippen molar-refractivity contribution in [1.29, 1.82) is 0 Å². The van der Waals surface area contributed by atoms with Crippen molar-refractivity contribution in [3.63, 3.8) is 0 Å². The molecule has 5 unspecified atom stereocenters. The minimum Gasteiger partial charge on any atom is -0.463 e. The molecule has 0 aliphatic heterocycles. The fourth-order valence-electron chi connectivity index (χ4n) is 10.8. The Hall–Kier alpha value is -5.35. The van der Waals surface area contributed by atoms with E-state index >= 15 is 0 Å². The second-order valence-electron chi connectivity index (χ2n) is 27.5. The fourth-order valence-corrected chi connectivity index (χ4v) is 12.4. The van der Waals surface area contributed by atoms with Gasteiger partial charge in [0.2, 0.25) is 0 Å². The zero-order valence-corrected chi connectivity index (χ0v) is 69.7. The molecule has 18 heteroatoms. The van der Waals surface area contributed by atoms with E-state index in [0.717, 1.165) is 199 Å². The van der Waals surface area contributed by atoms with Crippen molar-refractivity contribution in [2.24, 2.45) is 0 Å². The SMILES string of the molecule is CC/C=C\C/C=C\C/C=C\C/C=C\C/C=C\C/C=C\CCCCCCCCCCCCCCC(=O)OCC(O)COP(=O)(O)OCC(O)COP(=O)(O)OCC(COC(=O)CCCCCCCCCC/C=C\C/C=C\C/C=C\C/C=C\C/C=C\C/C=C\CC)OC(=O)CCCCCCC/C=C\C/C=C\C/C=C\CC. The minimum atomic E-state index is -4.95. The second kappa shape index (κ2) is 82.1. The van der Waals surface area contributed by atoms with Gasteiger partial charge in [0.1, 0.15) is 25.4 Å². The van der Waals surface area contributed by atoms with Gasteiger partial charge in [0, 0.05) is 19.3 Å². The number of ether oxygens (including phenoxy) is 3. The molecule has 0 aliphatic rings. The summed E-state index contributed by atoms with van der Waals surface area (Å²) in [4.78, 5) is 58.8. The lowest BCUT2D eigenvalue weighted by Crippen LogP contribution is -2.30. The molecule has 0 rings (SSSR count). The van der Waals surface area contributed by atoms with Crippen LogP contribution in [0, 0.1) is 0 Å². The summed E-state index contributed by atoms with van der Waals surface area (Å²) in [6.07, 6.45) is 107. The number of phosphoric acid groups is 2. The first kappa shape index (κ1) is 104. The summed E-state index contributed by atoms with van der Waals surface area (Å²) < 4.78 is 61.2. The summed E-state index contributed by atoms with van der Waals surface area (Å²) in [5.74, 6) is -1.61. The standard InChI is InChI=1S/C91H150O16P2/c1-4-7-10-13-16-19-22-25-28-30-32-34-36-38-40-41-42-43-45-47-48-50-52-54-57-59-62-65-68-71-74-77-89(94)101-80-86(92)81-103-108(97,98)104-82-87(93)83-105-109(99,100)106-85-88(107-91(96)79-76-73-70-67-64-61-56-27-24-21-18-15-12-9-6-3)84-102-90(95)78-75-72-69-66-63-60-58-55-53-51-49-46-44-39-37-35-33-31-29-26-23-20-17-14-11-8-5-2/h7-12,16-21,25-29,32-35,38-40,42-44,49,51,56,86-88,92-93H,4-6,13-15,22-24,30-31,36-37,41,45-48,50,52-55,57-85H2,1-3H3,(H,97,98)(H,99,100)/b10-7-,11-8-,12-9-,19-16-,20-17-,21-18-,28-25-,29-26-,34-32-,35-33-,40-38-,43-42-,44-39-,51-49-,56-27-. The van der Waals surface area contributed by atoms with Crippen LogP contribution in [0.15, 0.2) is 182 Å². The van der Waals surface area contributed by atoms with Gasteiger partial charge >= 0.3 is 33.6 Å². The maximum absolute atomic E-state index is 13.0. The third-order valence-electron chi connectivity index (χ3n) is 17.1. The van der Waals surface area contributed by atoms with Crippen molar-refractivity contribution in [3.8, 4) is 0 Å². The van der Waals surface area contributed by atoms with Gasteiger partial charge < -0.3 is 34.2 Å². The van der Waals surface area contributed by atoms with Crippen molar-refractivity contribution in [3.05, 3.63) is 182 Å². The third-order valence-corrected chi connectivity index (χ3v) is 19.0. The van der Waals surface area contributed by atoms with E-state index < -0.39 is 91.5 Å². The van der Waals surface area contributed by atoms with Crippen LogP contribution in [0.4, 0.5) is 0 Å². The largest absolute Gasteiger partial charge is 0.472 e. The Morgan fingerprint density at radius 3 is 0.725 bits per heavy atom. The lowest BCUT2D eigenvalue weighted by atomic mass is 10.0. The highest BCUT2D eigenvalue weighted by Gasteiger charge is 2.29. The molecule has 0 radical (unpaired) electrons. The summed E-state index contributed by atoms with van der Waals surface area (Å²) in [5.41, 5.74) is 0. The summed E-state index contributed by atoms with van der Waals surface area (Å²) >= 11 is 0. The Morgan fingerprint density at radius 1 is 0.257 bits per heavy atom. The number of rotatable bonds is 78. The molecule has 0 amide bonds. The lowest BCUT2D eigenvalue weighted by Gasteiger charge is -2.21. The number of carbonyl (C=O) groups is 3. The van der Waals surface area contributed by atoms with Gasteiger partial charge in [-0.1, -0.05) is 325 Å². The number of phosphoric ester groups is 2. The number of hydrogen-bond donors (Lipinski definition) is 4. The molecule has 0 aromatic heterocycles. The molecule has 0 saturated heterocycles. The van der Waals surface area contributed by atoms with Gasteiger partial charge in [0.15, 0.2) is 6.10 Å². The van der Waals surface area contributed by atoms with Crippen LogP contribution in [0.3, 0.4) is 0 Å². The monoisotopic (exact) mass is 1560 g/mol. The normalized spacial score (nSPS) is 14.8. The van der Waals surface area contributed by atoms with Gasteiger partial charge in [0.25, 0.3) is 0 Å². The topological polar surface area (TPSA) is 231 Å². The molecule has 0 bridgehead atoms. The number of aliphatic hydroxyl groups is 2. The maximum Gasteiger partial charge on any atom is 0.472 e. The minimum absolute atomic E-state index is 0.0775. The molecule has 0 fully saturated rings. The van der Waals surface area contributed by atoms with Crippen molar-refractivity contribution >= 4 is 33.6 Å². The van der Waals surface area contributed by atoms with Gasteiger partial charge in [-0.25, -0.2) is 9.13 Å². The molecule has 5 atom stereocenters. The molecular formula is C91H150O16P2. The first-order chi connectivity index (χ1) is 53.2. The van der Waals surface area contributed by atoms with E-state index in [1.54, 1.807) is 0 Å². The molecule has 0 aliphatic carbocycles. The van der Waals surface area contributed by atoms with Crippen LogP contribution in [0.2, 0.25) is 0 Å². The Kier molecular flexibility index (Phi) is 78.1. The van der Waals surface area contributed by atoms with Crippen LogP contribution in [-0.4, -0.2) is 95.9 Å². The van der Waals surface area contributed by atoms with Crippen LogP contribution < -0.4 is 0 Å². The number of carbonyl (C=O) groups excluding carboxylic acids is 3. The predicted octanol–water partition coefficient (Wildman–Crippen LogP) is 25.3. The lowest BCUT2D eigenvalue weighted by molar-refractivity contribution is -0.161. The highest BCUT2D eigenvalue weighted by atomic mass is 31.2. The molecule has 0 spiro atoms. The van der Waals surface area contributed by atoms with Crippen LogP contribution >= 0.6 is 15.6 Å². The van der Waals surface area contributed by atoms with Crippen LogP contribution in [0.25, 0.3) is 0 Å². The second-order valence-corrected chi connectivity index (χ2v) is 30.4. The summed E-state index contributed by atoms with van der Waals surface area (Å²) in [6.45, 7) is 2.31. The number of esters is 3. The zero-order valence-electron chi connectivity index (χ0n) is 67.9. The van der Waals surface area contributed by atoms with Gasteiger partial charge in [0.05, 0.1) is 26.4 Å². The fraction of sp³-hybridized carbons (Fsp3) is 0.637. The molecule has 0 heterocycles. The predicted molar refractivity (Wildman–Crippen MR) is 454 cm³/mol. The average Bonchev–Trinajstić information content (AvgIpc) is 0.940. The first-order valence-corrected chi connectivity index (χ1v) is 45.1. The zero-order chi connectivity index (χ0) is 79.4. The average molecular weight is 1560 g/mol. The summed E-state index contributed by atoms with van der Waals surface area (Å²) in [6, 6.07) is 0. The summed E-state index contributed by atoms with van der Waals surface area (Å²) in [7, 11) is -9.81. The number of allylic oxidation sites excluding steroid dienone is 30. The molecule has 16 nitrogen and oxygen atoms in total. The molecule has 109 heavy (non-hydrogen) atoms. The number of hydrogen-bond acceptors (Lipinski definition) is 14.